The Labute approximate surface area is 161 Å². The molecular formula is C17H18N6O4S. The third-order valence-electron chi connectivity index (χ3n) is 5.02. The number of anilines is 1. The van der Waals surface area contributed by atoms with Crippen LogP contribution >= 0.6 is 0 Å². The van der Waals surface area contributed by atoms with Crippen molar-refractivity contribution in [1.82, 2.24) is 19.3 Å². The minimum atomic E-state index is -3.97. The van der Waals surface area contributed by atoms with Crippen molar-refractivity contribution in [2.75, 3.05) is 25.0 Å². The topological polar surface area (TPSA) is 125 Å². The molecule has 3 heterocycles. The fourth-order valence-electron chi connectivity index (χ4n) is 3.52. The van der Waals surface area contributed by atoms with Crippen LogP contribution in [0.2, 0.25) is 0 Å². The maximum Gasteiger partial charge on any atom is 0.289 e. The standard InChI is InChI=1S/C17H18N6O4S/c1-21(17-13-6-8-18-16(13)19-11-20-17)12-7-9-22(10-12)28(26,27)15-5-3-2-4-14(15)23(24)25/h2-6,8,11-12H,7,9-10H2,1H3,(H,18,19,20). The molecule has 1 fully saturated rings. The number of fused-ring (bicyclic) bond motifs is 1. The van der Waals surface area contributed by atoms with Gasteiger partial charge in [-0.15, -0.1) is 0 Å². The van der Waals surface area contributed by atoms with Crippen molar-refractivity contribution in [3.05, 3.63) is 53.0 Å². The highest BCUT2D eigenvalue weighted by Crippen LogP contribution is 2.31. The van der Waals surface area contributed by atoms with Gasteiger partial charge in [-0.05, 0) is 18.6 Å². The molecule has 10 nitrogen and oxygen atoms in total. The normalized spacial score (nSPS) is 17.8. The van der Waals surface area contributed by atoms with Gasteiger partial charge in [0.2, 0.25) is 10.0 Å². The van der Waals surface area contributed by atoms with Crippen molar-refractivity contribution >= 4 is 32.6 Å². The first kappa shape index (κ1) is 18.3. The van der Waals surface area contributed by atoms with E-state index in [0.717, 1.165) is 5.39 Å². The van der Waals surface area contributed by atoms with Crippen LogP contribution < -0.4 is 4.90 Å². The number of nitro groups is 1. The fraction of sp³-hybridized carbons (Fsp3) is 0.294. The molecule has 11 heteroatoms. The van der Waals surface area contributed by atoms with Crippen LogP contribution in [0.4, 0.5) is 11.5 Å². The van der Waals surface area contributed by atoms with E-state index in [1.54, 1.807) is 6.20 Å². The van der Waals surface area contributed by atoms with Crippen LogP contribution in [0.25, 0.3) is 11.0 Å². The third-order valence-corrected chi connectivity index (χ3v) is 6.93. The highest BCUT2D eigenvalue weighted by Gasteiger charge is 2.38. The predicted octanol–water partition coefficient (Wildman–Crippen LogP) is 1.77. The molecule has 0 saturated carbocycles. The van der Waals surface area contributed by atoms with Gasteiger partial charge in [0.05, 0.1) is 10.3 Å². The Morgan fingerprint density at radius 3 is 2.86 bits per heavy atom. The number of likely N-dealkylation sites (N-methyl/N-ethyl adjacent to an activating group) is 1. The molecule has 0 radical (unpaired) electrons. The lowest BCUT2D eigenvalue weighted by atomic mass is 10.2. The van der Waals surface area contributed by atoms with Gasteiger partial charge in [-0.25, -0.2) is 18.4 Å². The maximum atomic E-state index is 13.0. The van der Waals surface area contributed by atoms with Crippen LogP contribution in [0.5, 0.6) is 0 Å². The average molecular weight is 402 g/mol. The summed E-state index contributed by atoms with van der Waals surface area (Å²) in [7, 11) is -2.11. The molecule has 0 amide bonds. The van der Waals surface area contributed by atoms with Crippen LogP contribution in [-0.2, 0) is 10.0 Å². The zero-order chi connectivity index (χ0) is 19.9. The predicted molar refractivity (Wildman–Crippen MR) is 103 cm³/mol. The van der Waals surface area contributed by atoms with Gasteiger partial charge < -0.3 is 9.88 Å². The number of sulfonamides is 1. The molecule has 1 saturated heterocycles. The molecule has 1 unspecified atom stereocenters. The lowest BCUT2D eigenvalue weighted by Crippen LogP contribution is -2.37. The monoisotopic (exact) mass is 402 g/mol. The number of benzene rings is 1. The Kier molecular flexibility index (Phi) is 4.47. The lowest BCUT2D eigenvalue weighted by Gasteiger charge is -2.26. The Morgan fingerprint density at radius 1 is 1.29 bits per heavy atom. The van der Waals surface area contributed by atoms with Crippen LogP contribution in [0, 0.1) is 10.1 Å². The fourth-order valence-corrected chi connectivity index (χ4v) is 5.17. The number of hydrogen-bond donors (Lipinski definition) is 1. The number of para-hydroxylation sites is 1. The molecule has 2 aromatic heterocycles. The molecule has 1 aromatic carbocycles. The largest absolute Gasteiger partial charge is 0.355 e. The minimum Gasteiger partial charge on any atom is -0.355 e. The van der Waals surface area contributed by atoms with Crippen LogP contribution in [0.3, 0.4) is 0 Å². The molecule has 146 valence electrons. The zero-order valence-electron chi connectivity index (χ0n) is 15.0. The van der Waals surface area contributed by atoms with E-state index in [1.165, 1.54) is 34.9 Å². The van der Waals surface area contributed by atoms with Gasteiger partial charge in [0, 0.05) is 38.4 Å². The van der Waals surface area contributed by atoms with Crippen molar-refractivity contribution in [3.8, 4) is 0 Å². The Balaban J connectivity index is 1.60. The van der Waals surface area contributed by atoms with Crippen LogP contribution in [0.1, 0.15) is 6.42 Å². The van der Waals surface area contributed by atoms with E-state index in [1.807, 2.05) is 18.0 Å². The van der Waals surface area contributed by atoms with Gasteiger partial charge >= 0.3 is 0 Å². The van der Waals surface area contributed by atoms with Crippen molar-refractivity contribution in [1.29, 1.82) is 0 Å². The Bertz CT molecular complexity index is 1150. The van der Waals surface area contributed by atoms with Gasteiger partial charge in [-0.3, -0.25) is 10.1 Å². The van der Waals surface area contributed by atoms with E-state index in [9.17, 15) is 18.5 Å². The first-order chi connectivity index (χ1) is 13.4. The summed E-state index contributed by atoms with van der Waals surface area (Å²) in [5, 5.41) is 12.1. The SMILES string of the molecule is CN(c1ncnc2[nH]ccc12)C1CCN(S(=O)(=O)c2ccccc2[N+](=O)[O-])C1. The quantitative estimate of drug-likeness (QED) is 0.509. The van der Waals surface area contributed by atoms with Crippen LogP contribution in [0.15, 0.2) is 47.8 Å². The number of aromatic amines is 1. The van der Waals surface area contributed by atoms with E-state index in [4.69, 9.17) is 0 Å². The second kappa shape index (κ2) is 6.84. The van der Waals surface area contributed by atoms with Crippen molar-refractivity contribution in [2.45, 2.75) is 17.4 Å². The van der Waals surface area contributed by atoms with E-state index in [-0.39, 0.29) is 24.0 Å². The molecule has 1 N–H and O–H groups in total. The van der Waals surface area contributed by atoms with Crippen molar-refractivity contribution in [2.24, 2.45) is 0 Å². The summed E-state index contributed by atoms with van der Waals surface area (Å²) >= 11 is 0. The maximum absolute atomic E-state index is 13.0. The van der Waals surface area contributed by atoms with E-state index < -0.39 is 20.6 Å². The molecule has 1 aliphatic heterocycles. The van der Waals surface area contributed by atoms with Crippen molar-refractivity contribution in [3.63, 3.8) is 0 Å². The molecule has 3 aromatic rings. The Morgan fingerprint density at radius 2 is 2.07 bits per heavy atom. The summed E-state index contributed by atoms with van der Waals surface area (Å²) in [6.45, 7) is 0.506. The van der Waals surface area contributed by atoms with Crippen LogP contribution in [-0.4, -0.2) is 58.8 Å². The summed E-state index contributed by atoms with van der Waals surface area (Å²) < 4.78 is 27.3. The summed E-state index contributed by atoms with van der Waals surface area (Å²) in [6.07, 6.45) is 3.82. The summed E-state index contributed by atoms with van der Waals surface area (Å²) in [5.74, 6) is 0.709. The summed E-state index contributed by atoms with van der Waals surface area (Å²) in [4.78, 5) is 23.8. The first-order valence-electron chi connectivity index (χ1n) is 8.64. The number of nitrogens with zero attached hydrogens (tertiary/aromatic N) is 5. The second-order valence-corrected chi connectivity index (χ2v) is 8.48. The van der Waals surface area contributed by atoms with E-state index >= 15 is 0 Å². The number of nitro benzene ring substituents is 1. The summed E-state index contributed by atoms with van der Waals surface area (Å²) in [5.41, 5.74) is 0.295. The van der Waals surface area contributed by atoms with Gasteiger partial charge in [-0.2, -0.15) is 4.31 Å². The third kappa shape index (κ3) is 2.98. The lowest BCUT2D eigenvalue weighted by molar-refractivity contribution is -0.387. The van der Waals surface area contributed by atoms with E-state index in [2.05, 4.69) is 15.0 Å². The minimum absolute atomic E-state index is 0.106. The molecular weight excluding hydrogens is 384 g/mol. The molecule has 28 heavy (non-hydrogen) atoms. The molecule has 4 rings (SSSR count). The summed E-state index contributed by atoms with van der Waals surface area (Å²) in [6, 6.07) is 7.19. The number of nitrogens with one attached hydrogen (secondary N) is 1. The number of hydrogen-bond acceptors (Lipinski definition) is 7. The zero-order valence-corrected chi connectivity index (χ0v) is 15.8. The van der Waals surface area contributed by atoms with Gasteiger partial charge in [0.1, 0.15) is 17.8 Å². The second-order valence-electron chi connectivity index (χ2n) is 6.58. The highest BCUT2D eigenvalue weighted by molar-refractivity contribution is 7.89. The first-order valence-corrected chi connectivity index (χ1v) is 10.1. The molecule has 0 spiro atoms. The average Bonchev–Trinajstić information content (AvgIpc) is 3.37. The van der Waals surface area contributed by atoms with Gasteiger partial charge in [0.25, 0.3) is 5.69 Å². The van der Waals surface area contributed by atoms with Gasteiger partial charge in [0.15, 0.2) is 4.90 Å². The molecule has 0 aliphatic carbocycles. The molecule has 1 aliphatic rings. The van der Waals surface area contributed by atoms with E-state index in [0.29, 0.717) is 17.9 Å². The number of rotatable bonds is 5. The Hall–Kier alpha value is -3.05. The smallest absolute Gasteiger partial charge is 0.289 e. The molecule has 0 bridgehead atoms. The molecule has 1 atom stereocenters. The highest BCUT2D eigenvalue weighted by atomic mass is 32.2. The van der Waals surface area contributed by atoms with Gasteiger partial charge in [-0.1, -0.05) is 12.1 Å². The number of aromatic nitrogens is 3. The van der Waals surface area contributed by atoms with Crippen molar-refractivity contribution < 1.29 is 13.3 Å². The number of H-pyrrole nitrogens is 1.